The molecule has 0 radical (unpaired) electrons. The second-order valence-electron chi connectivity index (χ2n) is 4.90. The number of aromatic amines is 1. The van der Waals surface area contributed by atoms with Gasteiger partial charge in [0.1, 0.15) is 0 Å². The molecule has 0 saturated carbocycles. The summed E-state index contributed by atoms with van der Waals surface area (Å²) in [5, 5.41) is 11.5. The van der Waals surface area contributed by atoms with Crippen LogP contribution in [0.1, 0.15) is 37.4 Å². The van der Waals surface area contributed by atoms with Crippen LogP contribution in [-0.2, 0) is 6.42 Å². The van der Waals surface area contributed by atoms with Gasteiger partial charge in [0.25, 0.3) is 0 Å². The molecule has 2 rings (SSSR count). The van der Waals surface area contributed by atoms with Gasteiger partial charge >= 0.3 is 0 Å². The van der Waals surface area contributed by atoms with Gasteiger partial charge in [-0.3, -0.25) is 5.10 Å². The molecule has 1 aliphatic heterocycles. The standard InChI is InChI=1S/C13H23N3S/c1-10-12(9-15-16-10)5-3-7-14-13-6-4-8-17-11(13)2/h9,11,13-14H,3-8H2,1-2H3,(H,15,16). The van der Waals surface area contributed by atoms with Crippen LogP contribution in [0.25, 0.3) is 0 Å². The van der Waals surface area contributed by atoms with Crippen molar-refractivity contribution in [3.8, 4) is 0 Å². The molecule has 1 aromatic rings. The summed E-state index contributed by atoms with van der Waals surface area (Å²) in [6.07, 6.45) is 7.00. The number of hydrogen-bond donors (Lipinski definition) is 2. The number of hydrogen-bond acceptors (Lipinski definition) is 3. The molecule has 4 heteroatoms. The van der Waals surface area contributed by atoms with Crippen LogP contribution >= 0.6 is 11.8 Å². The van der Waals surface area contributed by atoms with Crippen molar-refractivity contribution in [1.29, 1.82) is 0 Å². The van der Waals surface area contributed by atoms with Crippen molar-refractivity contribution in [3.63, 3.8) is 0 Å². The number of nitrogens with zero attached hydrogens (tertiary/aromatic N) is 1. The molecule has 0 aromatic carbocycles. The summed E-state index contributed by atoms with van der Waals surface area (Å²) >= 11 is 2.11. The van der Waals surface area contributed by atoms with Gasteiger partial charge in [-0.2, -0.15) is 16.9 Å². The summed E-state index contributed by atoms with van der Waals surface area (Å²) in [4.78, 5) is 0. The average Bonchev–Trinajstić information content (AvgIpc) is 2.73. The smallest absolute Gasteiger partial charge is 0.0522 e. The minimum atomic E-state index is 0.721. The van der Waals surface area contributed by atoms with Gasteiger partial charge in [0.15, 0.2) is 0 Å². The Hall–Kier alpha value is -0.480. The minimum absolute atomic E-state index is 0.721. The Morgan fingerprint density at radius 2 is 2.47 bits per heavy atom. The Morgan fingerprint density at radius 3 is 3.18 bits per heavy atom. The second kappa shape index (κ2) is 6.45. The van der Waals surface area contributed by atoms with Crippen molar-refractivity contribution in [1.82, 2.24) is 15.5 Å². The fourth-order valence-electron chi connectivity index (χ4n) is 2.39. The normalized spacial score (nSPS) is 25.1. The van der Waals surface area contributed by atoms with Crippen LogP contribution in [0.4, 0.5) is 0 Å². The van der Waals surface area contributed by atoms with E-state index in [2.05, 4.69) is 41.1 Å². The maximum absolute atomic E-state index is 4.05. The number of H-pyrrole nitrogens is 1. The quantitative estimate of drug-likeness (QED) is 0.792. The Balaban J connectivity index is 1.64. The van der Waals surface area contributed by atoms with E-state index in [0.29, 0.717) is 0 Å². The molecule has 1 saturated heterocycles. The predicted molar refractivity (Wildman–Crippen MR) is 74.6 cm³/mol. The third-order valence-electron chi connectivity index (χ3n) is 3.57. The van der Waals surface area contributed by atoms with Crippen molar-refractivity contribution in [2.24, 2.45) is 0 Å². The van der Waals surface area contributed by atoms with E-state index in [9.17, 15) is 0 Å². The van der Waals surface area contributed by atoms with E-state index in [1.54, 1.807) is 0 Å². The van der Waals surface area contributed by atoms with Gasteiger partial charge in [-0.25, -0.2) is 0 Å². The predicted octanol–water partition coefficient (Wildman–Crippen LogP) is 2.52. The molecule has 1 fully saturated rings. The van der Waals surface area contributed by atoms with Gasteiger partial charge in [0.2, 0.25) is 0 Å². The van der Waals surface area contributed by atoms with E-state index >= 15 is 0 Å². The van der Waals surface area contributed by atoms with Gasteiger partial charge < -0.3 is 5.32 Å². The number of rotatable bonds is 5. The first-order valence-electron chi connectivity index (χ1n) is 6.61. The van der Waals surface area contributed by atoms with Gasteiger partial charge in [-0.15, -0.1) is 0 Å². The van der Waals surface area contributed by atoms with Crippen LogP contribution in [0, 0.1) is 6.92 Å². The fourth-order valence-corrected chi connectivity index (χ4v) is 3.56. The number of nitrogens with one attached hydrogen (secondary N) is 2. The Labute approximate surface area is 108 Å². The SMILES string of the molecule is Cc1[nH]ncc1CCCNC1CCCSC1C. The van der Waals surface area contributed by atoms with E-state index in [4.69, 9.17) is 0 Å². The zero-order valence-electron chi connectivity index (χ0n) is 10.8. The van der Waals surface area contributed by atoms with Gasteiger partial charge in [0.05, 0.1) is 6.20 Å². The molecule has 2 heterocycles. The highest BCUT2D eigenvalue weighted by Gasteiger charge is 2.20. The summed E-state index contributed by atoms with van der Waals surface area (Å²) in [5.41, 5.74) is 2.57. The molecule has 0 bridgehead atoms. The van der Waals surface area contributed by atoms with Crippen LogP contribution in [0.5, 0.6) is 0 Å². The molecule has 0 aliphatic carbocycles. The monoisotopic (exact) mass is 253 g/mol. The molecular weight excluding hydrogens is 230 g/mol. The van der Waals surface area contributed by atoms with Crippen molar-refractivity contribution in [2.45, 2.75) is 50.8 Å². The lowest BCUT2D eigenvalue weighted by atomic mass is 10.1. The molecule has 2 unspecified atom stereocenters. The van der Waals surface area contributed by atoms with Crippen molar-refractivity contribution in [3.05, 3.63) is 17.5 Å². The summed E-state index contributed by atoms with van der Waals surface area (Å²) in [7, 11) is 0. The number of aromatic nitrogens is 2. The van der Waals surface area contributed by atoms with Crippen molar-refractivity contribution in [2.75, 3.05) is 12.3 Å². The molecule has 2 atom stereocenters. The molecule has 0 amide bonds. The number of thioether (sulfide) groups is 1. The Bertz CT molecular complexity index is 337. The maximum Gasteiger partial charge on any atom is 0.0522 e. The lowest BCUT2D eigenvalue weighted by Gasteiger charge is -2.29. The summed E-state index contributed by atoms with van der Waals surface area (Å²) in [6.45, 7) is 5.57. The molecule has 0 spiro atoms. The highest BCUT2D eigenvalue weighted by atomic mass is 32.2. The van der Waals surface area contributed by atoms with Crippen LogP contribution < -0.4 is 5.32 Å². The fraction of sp³-hybridized carbons (Fsp3) is 0.769. The highest BCUT2D eigenvalue weighted by Crippen LogP contribution is 2.24. The van der Waals surface area contributed by atoms with Crippen LogP contribution in [0.15, 0.2) is 6.20 Å². The van der Waals surface area contributed by atoms with Crippen LogP contribution in [0.3, 0.4) is 0 Å². The summed E-state index contributed by atoms with van der Waals surface area (Å²) in [5.74, 6) is 1.34. The largest absolute Gasteiger partial charge is 0.313 e. The van der Waals surface area contributed by atoms with Gasteiger partial charge in [-0.05, 0) is 50.5 Å². The lowest BCUT2D eigenvalue weighted by molar-refractivity contribution is 0.458. The first-order chi connectivity index (χ1) is 8.27. The first kappa shape index (κ1) is 13.0. The van der Waals surface area contributed by atoms with Crippen molar-refractivity contribution >= 4 is 11.8 Å². The molecule has 17 heavy (non-hydrogen) atoms. The third kappa shape index (κ3) is 3.75. The van der Waals surface area contributed by atoms with Gasteiger partial charge in [-0.1, -0.05) is 6.92 Å². The van der Waals surface area contributed by atoms with E-state index in [0.717, 1.165) is 24.3 Å². The Kier molecular flexibility index (Phi) is 4.92. The second-order valence-corrected chi connectivity index (χ2v) is 6.39. The first-order valence-corrected chi connectivity index (χ1v) is 7.66. The summed E-state index contributed by atoms with van der Waals surface area (Å²) < 4.78 is 0. The van der Waals surface area contributed by atoms with Crippen LogP contribution in [0.2, 0.25) is 0 Å². The maximum atomic E-state index is 4.05. The summed E-state index contributed by atoms with van der Waals surface area (Å²) in [6, 6.07) is 0.721. The molecule has 3 nitrogen and oxygen atoms in total. The number of aryl methyl sites for hydroxylation is 2. The van der Waals surface area contributed by atoms with E-state index in [1.807, 2.05) is 6.20 Å². The molecule has 1 aromatic heterocycles. The molecule has 1 aliphatic rings. The zero-order valence-corrected chi connectivity index (χ0v) is 11.6. The topological polar surface area (TPSA) is 40.7 Å². The van der Waals surface area contributed by atoms with Crippen LogP contribution in [-0.4, -0.2) is 33.8 Å². The third-order valence-corrected chi connectivity index (χ3v) is 4.95. The molecule has 96 valence electrons. The molecular formula is C13H23N3S. The lowest BCUT2D eigenvalue weighted by Crippen LogP contribution is -2.39. The zero-order chi connectivity index (χ0) is 12.1. The van der Waals surface area contributed by atoms with E-state index in [1.165, 1.54) is 36.3 Å². The minimum Gasteiger partial charge on any atom is -0.313 e. The Morgan fingerprint density at radius 1 is 1.59 bits per heavy atom. The molecule has 2 N–H and O–H groups in total. The average molecular weight is 253 g/mol. The van der Waals surface area contributed by atoms with Crippen molar-refractivity contribution < 1.29 is 0 Å². The van der Waals surface area contributed by atoms with E-state index in [-0.39, 0.29) is 0 Å². The van der Waals surface area contributed by atoms with Gasteiger partial charge in [0, 0.05) is 17.0 Å². The van der Waals surface area contributed by atoms with E-state index < -0.39 is 0 Å². The highest BCUT2D eigenvalue weighted by molar-refractivity contribution is 7.99.